The Hall–Kier alpha value is -1.17. The van der Waals surface area contributed by atoms with Crippen molar-refractivity contribution in [3.8, 4) is 11.5 Å². The van der Waals surface area contributed by atoms with Gasteiger partial charge in [-0.2, -0.15) is 5.10 Å². The molecule has 2 aromatic rings. The molecule has 0 radical (unpaired) electrons. The van der Waals surface area contributed by atoms with Gasteiger partial charge in [-0.25, -0.2) is 9.97 Å². The summed E-state index contributed by atoms with van der Waals surface area (Å²) in [5.74, 6) is 1.25. The standard InChI is InChI=1S/C10H11Cl2N5/c11-6-4-7(12)9(14-5-6)10-15-8(16-17-10)2-1-3-13/h4-5H,1-3,13H2,(H,15,16,17). The van der Waals surface area contributed by atoms with Gasteiger partial charge in [-0.3, -0.25) is 5.10 Å². The third-order valence-corrected chi connectivity index (χ3v) is 2.66. The zero-order valence-electron chi connectivity index (χ0n) is 8.95. The number of rotatable bonds is 4. The van der Waals surface area contributed by atoms with Crippen molar-refractivity contribution in [1.82, 2.24) is 20.2 Å². The van der Waals surface area contributed by atoms with E-state index in [1.807, 2.05) is 0 Å². The normalized spacial score (nSPS) is 10.8. The zero-order chi connectivity index (χ0) is 12.3. The van der Waals surface area contributed by atoms with Crippen LogP contribution in [0.25, 0.3) is 11.5 Å². The van der Waals surface area contributed by atoms with E-state index in [2.05, 4.69) is 20.2 Å². The van der Waals surface area contributed by atoms with Crippen LogP contribution in [-0.2, 0) is 6.42 Å². The van der Waals surface area contributed by atoms with Gasteiger partial charge < -0.3 is 5.73 Å². The minimum absolute atomic E-state index is 0.432. The topological polar surface area (TPSA) is 80.5 Å². The summed E-state index contributed by atoms with van der Waals surface area (Å²) < 4.78 is 0. The van der Waals surface area contributed by atoms with Gasteiger partial charge in [-0.1, -0.05) is 23.2 Å². The molecular formula is C10H11Cl2N5. The highest BCUT2D eigenvalue weighted by atomic mass is 35.5. The van der Waals surface area contributed by atoms with Gasteiger partial charge in [0, 0.05) is 12.6 Å². The average Bonchev–Trinajstić information content (AvgIpc) is 2.75. The number of hydrogen-bond acceptors (Lipinski definition) is 4. The predicted molar refractivity (Wildman–Crippen MR) is 67.0 cm³/mol. The SMILES string of the molecule is NCCCc1nc(-c2ncc(Cl)cc2Cl)n[nH]1. The summed E-state index contributed by atoms with van der Waals surface area (Å²) in [6, 6.07) is 1.61. The largest absolute Gasteiger partial charge is 0.330 e. The van der Waals surface area contributed by atoms with Gasteiger partial charge in [-0.15, -0.1) is 0 Å². The fourth-order valence-corrected chi connectivity index (χ4v) is 1.83. The molecule has 0 bridgehead atoms. The van der Waals surface area contributed by atoms with Crippen LogP contribution in [0.5, 0.6) is 0 Å². The Morgan fingerprint density at radius 2 is 2.18 bits per heavy atom. The maximum absolute atomic E-state index is 6.02. The van der Waals surface area contributed by atoms with E-state index in [4.69, 9.17) is 28.9 Å². The highest BCUT2D eigenvalue weighted by Crippen LogP contribution is 2.25. The van der Waals surface area contributed by atoms with Crippen LogP contribution in [0, 0.1) is 0 Å². The second-order valence-electron chi connectivity index (χ2n) is 3.48. The van der Waals surface area contributed by atoms with E-state index in [1.54, 1.807) is 6.07 Å². The molecule has 17 heavy (non-hydrogen) atoms. The molecule has 0 aliphatic rings. The van der Waals surface area contributed by atoms with Crippen LogP contribution in [0.4, 0.5) is 0 Å². The lowest BCUT2D eigenvalue weighted by atomic mass is 10.3. The van der Waals surface area contributed by atoms with Crippen molar-refractivity contribution in [3.63, 3.8) is 0 Å². The zero-order valence-corrected chi connectivity index (χ0v) is 10.5. The van der Waals surface area contributed by atoms with E-state index in [-0.39, 0.29) is 0 Å². The fourth-order valence-electron chi connectivity index (χ4n) is 1.36. The number of nitrogens with two attached hydrogens (primary N) is 1. The van der Waals surface area contributed by atoms with E-state index in [0.717, 1.165) is 18.7 Å². The molecule has 0 unspecified atom stereocenters. The van der Waals surface area contributed by atoms with Crippen molar-refractivity contribution in [2.45, 2.75) is 12.8 Å². The van der Waals surface area contributed by atoms with Gasteiger partial charge in [0.05, 0.1) is 10.0 Å². The number of aryl methyl sites for hydroxylation is 1. The van der Waals surface area contributed by atoms with E-state index < -0.39 is 0 Å². The molecule has 0 saturated heterocycles. The van der Waals surface area contributed by atoms with Crippen molar-refractivity contribution in [2.24, 2.45) is 5.73 Å². The van der Waals surface area contributed by atoms with Gasteiger partial charge in [0.2, 0.25) is 5.82 Å². The Labute approximate surface area is 108 Å². The number of nitrogens with one attached hydrogen (secondary N) is 1. The van der Waals surface area contributed by atoms with Crippen LogP contribution < -0.4 is 5.73 Å². The third kappa shape index (κ3) is 2.94. The van der Waals surface area contributed by atoms with Gasteiger partial charge >= 0.3 is 0 Å². The molecule has 0 aromatic carbocycles. The van der Waals surface area contributed by atoms with Crippen LogP contribution in [0.3, 0.4) is 0 Å². The van der Waals surface area contributed by atoms with Crippen molar-refractivity contribution in [2.75, 3.05) is 6.54 Å². The molecule has 5 nitrogen and oxygen atoms in total. The molecule has 0 fully saturated rings. The summed E-state index contributed by atoms with van der Waals surface area (Å²) in [5, 5.41) is 7.81. The molecule has 2 heterocycles. The van der Waals surface area contributed by atoms with Crippen molar-refractivity contribution < 1.29 is 0 Å². The van der Waals surface area contributed by atoms with Crippen LogP contribution in [0.15, 0.2) is 12.3 Å². The highest BCUT2D eigenvalue weighted by Gasteiger charge is 2.11. The quantitative estimate of drug-likeness (QED) is 0.892. The average molecular weight is 272 g/mol. The summed E-state index contributed by atoms with van der Waals surface area (Å²) in [4.78, 5) is 8.40. The predicted octanol–water partition coefficient (Wildman–Crippen LogP) is 2.06. The van der Waals surface area contributed by atoms with E-state index in [0.29, 0.717) is 28.1 Å². The van der Waals surface area contributed by atoms with E-state index in [1.165, 1.54) is 6.20 Å². The van der Waals surface area contributed by atoms with Crippen LogP contribution in [0.1, 0.15) is 12.2 Å². The number of aromatic nitrogens is 4. The second-order valence-corrected chi connectivity index (χ2v) is 4.33. The molecule has 0 spiro atoms. The second kappa shape index (κ2) is 5.44. The van der Waals surface area contributed by atoms with E-state index in [9.17, 15) is 0 Å². The first kappa shape index (κ1) is 12.3. The minimum Gasteiger partial charge on any atom is -0.330 e. The van der Waals surface area contributed by atoms with E-state index >= 15 is 0 Å². The first-order valence-corrected chi connectivity index (χ1v) is 5.89. The Kier molecular flexibility index (Phi) is 3.93. The lowest BCUT2D eigenvalue weighted by molar-refractivity contribution is 0.785. The lowest BCUT2D eigenvalue weighted by Gasteiger charge is -1.98. The summed E-state index contributed by atoms with van der Waals surface area (Å²) in [6.07, 6.45) is 3.13. The smallest absolute Gasteiger partial charge is 0.201 e. The number of halogens is 2. The van der Waals surface area contributed by atoms with Crippen molar-refractivity contribution in [1.29, 1.82) is 0 Å². The number of H-pyrrole nitrogens is 1. The minimum atomic E-state index is 0.432. The number of hydrogen-bond donors (Lipinski definition) is 2. The molecule has 0 atom stereocenters. The Balaban J connectivity index is 2.24. The van der Waals surface area contributed by atoms with Gasteiger partial charge in [0.1, 0.15) is 11.5 Å². The first-order chi connectivity index (χ1) is 8.20. The number of pyridine rings is 1. The number of nitrogens with zero attached hydrogens (tertiary/aromatic N) is 3. The Bertz CT molecular complexity index is 511. The van der Waals surface area contributed by atoms with Gasteiger partial charge in [0.25, 0.3) is 0 Å². The summed E-state index contributed by atoms with van der Waals surface area (Å²) in [6.45, 7) is 0.621. The van der Waals surface area contributed by atoms with Crippen LogP contribution in [0.2, 0.25) is 10.0 Å². The maximum Gasteiger partial charge on any atom is 0.201 e. The molecule has 3 N–H and O–H groups in total. The third-order valence-electron chi connectivity index (χ3n) is 2.17. The molecule has 7 heteroatoms. The van der Waals surface area contributed by atoms with Gasteiger partial charge in [-0.05, 0) is 19.0 Å². The van der Waals surface area contributed by atoms with Crippen LogP contribution >= 0.6 is 23.2 Å². The molecule has 0 aliphatic heterocycles. The van der Waals surface area contributed by atoms with Crippen molar-refractivity contribution >= 4 is 23.2 Å². The summed E-state index contributed by atoms with van der Waals surface area (Å²) in [7, 11) is 0. The monoisotopic (exact) mass is 271 g/mol. The maximum atomic E-state index is 6.02. The first-order valence-electron chi connectivity index (χ1n) is 5.13. The number of aromatic amines is 1. The van der Waals surface area contributed by atoms with Crippen molar-refractivity contribution in [3.05, 3.63) is 28.1 Å². The Morgan fingerprint density at radius 3 is 2.88 bits per heavy atom. The molecular weight excluding hydrogens is 261 g/mol. The fraction of sp³-hybridized carbons (Fsp3) is 0.300. The highest BCUT2D eigenvalue weighted by molar-refractivity contribution is 6.35. The molecule has 2 rings (SSSR count). The molecule has 2 aromatic heterocycles. The van der Waals surface area contributed by atoms with Gasteiger partial charge in [0.15, 0.2) is 0 Å². The van der Waals surface area contributed by atoms with Crippen LogP contribution in [-0.4, -0.2) is 26.7 Å². The molecule has 0 amide bonds. The lowest BCUT2D eigenvalue weighted by Crippen LogP contribution is -2.01. The molecule has 0 saturated carbocycles. The molecule has 90 valence electrons. The summed E-state index contributed by atoms with van der Waals surface area (Å²) in [5.41, 5.74) is 5.94. The Morgan fingerprint density at radius 1 is 1.35 bits per heavy atom. The molecule has 0 aliphatic carbocycles. The summed E-state index contributed by atoms with van der Waals surface area (Å²) >= 11 is 11.8.